The van der Waals surface area contributed by atoms with Gasteiger partial charge in [-0.25, -0.2) is 9.78 Å². The third kappa shape index (κ3) is 7.70. The number of aromatic nitrogens is 1. The van der Waals surface area contributed by atoms with Crippen molar-refractivity contribution in [3.05, 3.63) is 81.9 Å². The molecule has 0 radical (unpaired) electrons. The van der Waals surface area contributed by atoms with Gasteiger partial charge in [0.1, 0.15) is 0 Å². The van der Waals surface area contributed by atoms with E-state index in [1.54, 1.807) is 5.38 Å². The lowest BCUT2D eigenvalue weighted by molar-refractivity contribution is -0.143. The topological polar surface area (TPSA) is 77.6 Å². The summed E-state index contributed by atoms with van der Waals surface area (Å²) in [6, 6.07) is 11.2. The van der Waals surface area contributed by atoms with Gasteiger partial charge in [0.15, 0.2) is 5.13 Å². The summed E-state index contributed by atoms with van der Waals surface area (Å²) in [7, 11) is 0. The zero-order valence-electron chi connectivity index (χ0n) is 23.5. The van der Waals surface area contributed by atoms with E-state index < -0.39 is 41.8 Å². The van der Waals surface area contributed by atoms with Gasteiger partial charge in [-0.2, -0.15) is 26.3 Å². The van der Waals surface area contributed by atoms with Gasteiger partial charge < -0.3 is 15.5 Å². The van der Waals surface area contributed by atoms with Crippen molar-refractivity contribution < 1.29 is 35.9 Å². The van der Waals surface area contributed by atoms with Crippen LogP contribution in [0.3, 0.4) is 0 Å². The van der Waals surface area contributed by atoms with Crippen LogP contribution in [0.15, 0.2) is 53.9 Å². The Balaban J connectivity index is 1.30. The van der Waals surface area contributed by atoms with E-state index >= 15 is 0 Å². The number of piperidine rings is 1. The van der Waals surface area contributed by atoms with Crippen molar-refractivity contribution in [2.75, 3.05) is 37.6 Å². The predicted octanol–water partition coefficient (Wildman–Crippen LogP) is 6.38. The number of thiazole rings is 1. The van der Waals surface area contributed by atoms with Gasteiger partial charge in [0.2, 0.25) is 5.91 Å². The van der Waals surface area contributed by atoms with Crippen molar-refractivity contribution in [1.82, 2.24) is 20.5 Å². The second kappa shape index (κ2) is 13.1. The summed E-state index contributed by atoms with van der Waals surface area (Å²) < 4.78 is 80.0. The van der Waals surface area contributed by atoms with Crippen LogP contribution in [0, 0.1) is 0 Å². The number of nitrogens with one attached hydrogen (secondary N) is 2. The Hall–Kier alpha value is -3.65. The largest absolute Gasteiger partial charge is 0.416 e. The molecule has 2 aromatic carbocycles. The molecule has 2 N–H and O–H groups in total. The van der Waals surface area contributed by atoms with E-state index in [0.717, 1.165) is 25.9 Å². The summed E-state index contributed by atoms with van der Waals surface area (Å²) in [6.07, 6.45) is -7.76. The van der Waals surface area contributed by atoms with Crippen molar-refractivity contribution >= 4 is 28.4 Å². The Morgan fingerprint density at radius 2 is 1.66 bits per heavy atom. The number of alkyl halides is 6. The molecule has 2 fully saturated rings. The number of nitrogens with zero attached hydrogens (tertiary/aromatic N) is 3. The van der Waals surface area contributed by atoms with Crippen molar-refractivity contribution in [1.29, 1.82) is 0 Å². The van der Waals surface area contributed by atoms with Crippen LogP contribution in [0.5, 0.6) is 0 Å². The average Bonchev–Trinajstić information content (AvgIpc) is 3.65. The summed E-state index contributed by atoms with van der Waals surface area (Å²) in [5.41, 5.74) is -1.54. The first-order chi connectivity index (χ1) is 20.9. The number of carbonyl (C=O) groups excluding carboxylic acids is 2. The molecular formula is C30H31F6N5O2S. The smallest absolute Gasteiger partial charge is 0.351 e. The molecule has 3 amide bonds. The molecule has 3 heterocycles. The monoisotopic (exact) mass is 639 g/mol. The summed E-state index contributed by atoms with van der Waals surface area (Å²) in [5, 5.41) is 7.30. The normalized spacial score (nSPS) is 17.5. The van der Waals surface area contributed by atoms with Gasteiger partial charge in [0.05, 0.1) is 22.7 Å². The molecular weight excluding hydrogens is 608 g/mol. The highest BCUT2D eigenvalue weighted by atomic mass is 32.1. The summed E-state index contributed by atoms with van der Waals surface area (Å²) in [4.78, 5) is 33.9. The van der Waals surface area contributed by atoms with Crippen LogP contribution < -0.4 is 15.5 Å². The van der Waals surface area contributed by atoms with Crippen molar-refractivity contribution in [2.24, 2.45) is 0 Å². The molecule has 1 atom stereocenters. The van der Waals surface area contributed by atoms with E-state index in [1.165, 1.54) is 21.8 Å². The van der Waals surface area contributed by atoms with Crippen molar-refractivity contribution in [3.8, 4) is 0 Å². The van der Waals surface area contributed by atoms with E-state index in [9.17, 15) is 35.9 Å². The quantitative estimate of drug-likeness (QED) is 0.267. The minimum atomic E-state index is -4.99. The van der Waals surface area contributed by atoms with E-state index in [4.69, 9.17) is 0 Å². The van der Waals surface area contributed by atoms with Crippen LogP contribution in [0.1, 0.15) is 59.0 Å². The van der Waals surface area contributed by atoms with Gasteiger partial charge in [0.25, 0.3) is 0 Å². The minimum absolute atomic E-state index is 0.0560. The van der Waals surface area contributed by atoms with Gasteiger partial charge in [-0.05, 0) is 74.1 Å². The fourth-order valence-electron chi connectivity index (χ4n) is 5.59. The molecule has 7 nitrogen and oxygen atoms in total. The fraction of sp³-hybridized carbons (Fsp3) is 0.433. The lowest BCUT2D eigenvalue weighted by Gasteiger charge is -2.32. The van der Waals surface area contributed by atoms with Gasteiger partial charge in [-0.15, -0.1) is 11.3 Å². The Morgan fingerprint density at radius 3 is 2.25 bits per heavy atom. The highest BCUT2D eigenvalue weighted by molar-refractivity contribution is 7.14. The number of halogens is 6. The van der Waals surface area contributed by atoms with Crippen LogP contribution >= 0.6 is 11.3 Å². The first kappa shape index (κ1) is 31.8. The Morgan fingerprint density at radius 1 is 1.00 bits per heavy atom. The number of rotatable bonds is 9. The van der Waals surface area contributed by atoms with Crippen LogP contribution in [0.4, 0.5) is 36.3 Å². The number of carbonyl (C=O) groups is 2. The van der Waals surface area contributed by atoms with Gasteiger partial charge in [-0.3, -0.25) is 9.69 Å². The zero-order chi connectivity index (χ0) is 31.5. The summed E-state index contributed by atoms with van der Waals surface area (Å²) >= 11 is 1.19. The van der Waals surface area contributed by atoms with Gasteiger partial charge in [0, 0.05) is 25.0 Å². The minimum Gasteiger partial charge on any atom is -0.351 e. The molecule has 2 saturated heterocycles. The molecule has 14 heteroatoms. The highest BCUT2D eigenvalue weighted by Crippen LogP contribution is 2.37. The zero-order valence-corrected chi connectivity index (χ0v) is 24.4. The molecule has 0 spiro atoms. The van der Waals surface area contributed by atoms with Gasteiger partial charge >= 0.3 is 18.4 Å². The van der Waals surface area contributed by atoms with Crippen molar-refractivity contribution in [3.63, 3.8) is 0 Å². The predicted molar refractivity (Wildman–Crippen MR) is 153 cm³/mol. The molecule has 5 rings (SSSR count). The van der Waals surface area contributed by atoms with Crippen LogP contribution in [-0.4, -0.2) is 54.5 Å². The van der Waals surface area contributed by atoms with Crippen LogP contribution in [-0.2, 0) is 23.7 Å². The number of hydrogen-bond acceptors (Lipinski definition) is 5. The number of anilines is 1. The van der Waals surface area contributed by atoms with E-state index in [1.807, 2.05) is 18.2 Å². The lowest BCUT2D eigenvalue weighted by atomic mass is 9.89. The average molecular weight is 640 g/mol. The molecule has 1 aromatic heterocycles. The molecule has 0 bridgehead atoms. The molecule has 236 valence electrons. The second-order valence-corrected chi connectivity index (χ2v) is 11.8. The number of amides is 3. The van der Waals surface area contributed by atoms with E-state index in [0.29, 0.717) is 54.9 Å². The number of urea groups is 1. The molecule has 0 saturated carbocycles. The highest BCUT2D eigenvalue weighted by Gasteiger charge is 2.37. The Labute approximate surface area is 254 Å². The lowest BCUT2D eigenvalue weighted by Crippen LogP contribution is -2.36. The first-order valence-corrected chi connectivity index (χ1v) is 15.1. The van der Waals surface area contributed by atoms with E-state index in [2.05, 4.69) is 32.7 Å². The third-order valence-electron chi connectivity index (χ3n) is 7.98. The van der Waals surface area contributed by atoms with Crippen LogP contribution in [0.25, 0.3) is 0 Å². The number of hydrogen-bond donors (Lipinski definition) is 2. The SMILES string of the molecule is O=C(NCc1cc(C(F)(F)F)cc(C(F)(F)F)c1)C(CCN1CCC(c2ccccc2)CC1)c1csc(N2CCNC2=O)n1. The molecule has 44 heavy (non-hydrogen) atoms. The third-order valence-corrected chi connectivity index (χ3v) is 8.86. The second-order valence-electron chi connectivity index (χ2n) is 10.9. The van der Waals surface area contributed by atoms with E-state index in [-0.39, 0.29) is 17.7 Å². The number of likely N-dealkylation sites (tertiary alicyclic amines) is 1. The molecule has 2 aliphatic rings. The standard InChI is InChI=1S/C30H31F6N5O2S/c31-29(32,33)22-14-19(15-23(16-22)30(34,35)36)17-38-26(42)24(25-18-44-28(39-25)41-13-9-37-27(41)43)8-12-40-10-6-21(7-11-40)20-4-2-1-3-5-20/h1-5,14-16,18,21,24H,6-13,17H2,(H,37,43)(H,38,42). The molecule has 2 aliphatic heterocycles. The Kier molecular flexibility index (Phi) is 9.49. The summed E-state index contributed by atoms with van der Waals surface area (Å²) in [5.74, 6) is -0.962. The molecule has 0 aliphatic carbocycles. The van der Waals surface area contributed by atoms with Crippen LogP contribution in [0.2, 0.25) is 0 Å². The maximum Gasteiger partial charge on any atom is 0.416 e. The van der Waals surface area contributed by atoms with Gasteiger partial charge in [-0.1, -0.05) is 30.3 Å². The maximum absolute atomic E-state index is 13.5. The maximum atomic E-state index is 13.5. The molecule has 1 unspecified atom stereocenters. The summed E-state index contributed by atoms with van der Waals surface area (Å²) in [6.45, 7) is 2.50. The first-order valence-electron chi connectivity index (χ1n) is 14.2. The Bertz CT molecular complexity index is 1420. The number of benzene rings is 2. The molecule has 3 aromatic rings. The fourth-order valence-corrected chi connectivity index (χ4v) is 6.49. The van der Waals surface area contributed by atoms with Crippen molar-refractivity contribution in [2.45, 2.75) is 50.0 Å².